The fourth-order valence-electron chi connectivity index (χ4n) is 2.34. The lowest BCUT2D eigenvalue weighted by atomic mass is 10.1. The minimum atomic E-state index is 0.179. The summed E-state index contributed by atoms with van der Waals surface area (Å²) >= 11 is 3.48. The number of amides is 1. The predicted molar refractivity (Wildman–Crippen MR) is 79.9 cm³/mol. The Kier molecular flexibility index (Phi) is 4.96. The number of piperazine rings is 1. The average molecular weight is 326 g/mol. The summed E-state index contributed by atoms with van der Waals surface area (Å²) in [5.41, 5.74) is 6.78. The molecule has 2 N–H and O–H groups in total. The zero-order chi connectivity index (χ0) is 13.8. The molecule has 0 bridgehead atoms. The molecule has 19 heavy (non-hydrogen) atoms. The Morgan fingerprint density at radius 3 is 2.84 bits per heavy atom. The molecule has 0 spiro atoms. The highest BCUT2D eigenvalue weighted by atomic mass is 79.9. The number of carbonyl (C=O) groups excluding carboxylic acids is 1. The van der Waals surface area contributed by atoms with Gasteiger partial charge in [0.05, 0.1) is 6.42 Å². The van der Waals surface area contributed by atoms with Crippen LogP contribution in [0.1, 0.15) is 5.56 Å². The molecule has 1 aliphatic heterocycles. The zero-order valence-electron chi connectivity index (χ0n) is 11.2. The van der Waals surface area contributed by atoms with Crippen LogP contribution in [0.25, 0.3) is 0 Å². The number of hydrogen-bond acceptors (Lipinski definition) is 3. The summed E-state index contributed by atoms with van der Waals surface area (Å²) in [4.78, 5) is 16.5. The number of nitrogens with zero attached hydrogens (tertiary/aromatic N) is 2. The summed E-state index contributed by atoms with van der Waals surface area (Å²) in [6, 6.07) is 8.14. The van der Waals surface area contributed by atoms with Crippen molar-refractivity contribution in [2.75, 3.05) is 33.2 Å². The molecule has 5 heteroatoms. The van der Waals surface area contributed by atoms with E-state index in [1.807, 2.05) is 29.2 Å². The highest BCUT2D eigenvalue weighted by Crippen LogP contribution is 2.18. The van der Waals surface area contributed by atoms with Crippen molar-refractivity contribution in [1.82, 2.24) is 9.80 Å². The van der Waals surface area contributed by atoms with E-state index in [2.05, 4.69) is 27.9 Å². The first kappa shape index (κ1) is 14.5. The molecule has 1 aromatic rings. The summed E-state index contributed by atoms with van der Waals surface area (Å²) in [5.74, 6) is 0.179. The molecule has 1 saturated heterocycles. The van der Waals surface area contributed by atoms with Crippen molar-refractivity contribution in [3.8, 4) is 0 Å². The number of halogens is 1. The van der Waals surface area contributed by atoms with Crippen LogP contribution in [0.4, 0.5) is 0 Å². The maximum atomic E-state index is 12.3. The molecule has 0 saturated carbocycles. The normalized spacial score (nSPS) is 20.6. The first-order chi connectivity index (χ1) is 9.11. The Bertz CT molecular complexity index is 452. The third-order valence-corrected chi connectivity index (χ3v) is 4.48. The van der Waals surface area contributed by atoms with E-state index in [1.165, 1.54) is 0 Å². The van der Waals surface area contributed by atoms with Gasteiger partial charge in [-0.05, 0) is 18.7 Å². The highest BCUT2D eigenvalue weighted by molar-refractivity contribution is 9.10. The van der Waals surface area contributed by atoms with Gasteiger partial charge < -0.3 is 10.6 Å². The van der Waals surface area contributed by atoms with Gasteiger partial charge in [-0.2, -0.15) is 0 Å². The van der Waals surface area contributed by atoms with Crippen molar-refractivity contribution in [3.63, 3.8) is 0 Å². The van der Waals surface area contributed by atoms with Crippen molar-refractivity contribution in [3.05, 3.63) is 34.3 Å². The SMILES string of the molecule is CN1CCN(C(=O)Cc2ccccc2Br)CC1CN. The number of hydrogen-bond donors (Lipinski definition) is 1. The fraction of sp³-hybridized carbons (Fsp3) is 0.500. The van der Waals surface area contributed by atoms with E-state index >= 15 is 0 Å². The van der Waals surface area contributed by atoms with E-state index < -0.39 is 0 Å². The molecule has 1 unspecified atom stereocenters. The highest BCUT2D eigenvalue weighted by Gasteiger charge is 2.26. The molecular formula is C14H20BrN3O. The molecule has 1 amide bonds. The Morgan fingerprint density at radius 2 is 2.16 bits per heavy atom. The van der Waals surface area contributed by atoms with E-state index in [0.717, 1.165) is 29.7 Å². The van der Waals surface area contributed by atoms with Crippen LogP contribution in [0.5, 0.6) is 0 Å². The van der Waals surface area contributed by atoms with Gasteiger partial charge in [-0.15, -0.1) is 0 Å². The van der Waals surface area contributed by atoms with Gasteiger partial charge in [0.15, 0.2) is 0 Å². The largest absolute Gasteiger partial charge is 0.340 e. The van der Waals surface area contributed by atoms with Gasteiger partial charge in [0.25, 0.3) is 0 Å². The quantitative estimate of drug-likeness (QED) is 0.905. The maximum absolute atomic E-state index is 12.3. The lowest BCUT2D eigenvalue weighted by molar-refractivity contribution is -0.133. The first-order valence-corrected chi connectivity index (χ1v) is 7.32. The molecule has 2 rings (SSSR count). The van der Waals surface area contributed by atoms with Gasteiger partial charge in [-0.3, -0.25) is 9.69 Å². The van der Waals surface area contributed by atoms with Crippen LogP contribution in [0.2, 0.25) is 0 Å². The van der Waals surface area contributed by atoms with E-state index in [-0.39, 0.29) is 11.9 Å². The number of nitrogens with two attached hydrogens (primary N) is 1. The summed E-state index contributed by atoms with van der Waals surface area (Å²) in [6.45, 7) is 3.01. The number of likely N-dealkylation sites (N-methyl/N-ethyl adjacent to an activating group) is 1. The molecule has 1 heterocycles. The average Bonchev–Trinajstić information content (AvgIpc) is 2.42. The summed E-state index contributed by atoms with van der Waals surface area (Å²) in [7, 11) is 2.06. The number of carbonyl (C=O) groups is 1. The Morgan fingerprint density at radius 1 is 1.42 bits per heavy atom. The van der Waals surface area contributed by atoms with Crippen LogP contribution in [-0.4, -0.2) is 55.0 Å². The molecule has 1 aliphatic rings. The molecule has 0 aromatic heterocycles. The van der Waals surface area contributed by atoms with Crippen LogP contribution < -0.4 is 5.73 Å². The molecule has 4 nitrogen and oxygen atoms in total. The van der Waals surface area contributed by atoms with Crippen molar-refractivity contribution < 1.29 is 4.79 Å². The van der Waals surface area contributed by atoms with Crippen LogP contribution >= 0.6 is 15.9 Å². The first-order valence-electron chi connectivity index (χ1n) is 6.53. The monoisotopic (exact) mass is 325 g/mol. The topological polar surface area (TPSA) is 49.6 Å². The van der Waals surface area contributed by atoms with Crippen LogP contribution in [0, 0.1) is 0 Å². The van der Waals surface area contributed by atoms with Gasteiger partial charge in [0.2, 0.25) is 5.91 Å². The van der Waals surface area contributed by atoms with Gasteiger partial charge >= 0.3 is 0 Å². The van der Waals surface area contributed by atoms with Crippen molar-refractivity contribution in [2.45, 2.75) is 12.5 Å². The van der Waals surface area contributed by atoms with E-state index in [9.17, 15) is 4.79 Å². The minimum absolute atomic E-state index is 0.179. The second kappa shape index (κ2) is 6.50. The second-order valence-electron chi connectivity index (χ2n) is 4.98. The third kappa shape index (κ3) is 3.55. The lowest BCUT2D eigenvalue weighted by Crippen LogP contribution is -2.56. The Balaban J connectivity index is 1.99. The molecule has 0 aliphatic carbocycles. The molecular weight excluding hydrogens is 306 g/mol. The van der Waals surface area contributed by atoms with Crippen LogP contribution in [0.15, 0.2) is 28.7 Å². The number of rotatable bonds is 3. The van der Waals surface area contributed by atoms with Crippen molar-refractivity contribution >= 4 is 21.8 Å². The molecule has 1 fully saturated rings. The lowest BCUT2D eigenvalue weighted by Gasteiger charge is -2.39. The van der Waals surface area contributed by atoms with E-state index in [4.69, 9.17) is 5.73 Å². The zero-order valence-corrected chi connectivity index (χ0v) is 12.8. The van der Waals surface area contributed by atoms with Crippen molar-refractivity contribution in [1.29, 1.82) is 0 Å². The van der Waals surface area contributed by atoms with Crippen molar-refractivity contribution in [2.24, 2.45) is 5.73 Å². The fourth-order valence-corrected chi connectivity index (χ4v) is 2.77. The van der Waals surface area contributed by atoms with Gasteiger partial charge in [-0.1, -0.05) is 34.1 Å². The summed E-state index contributed by atoms with van der Waals surface area (Å²) in [5, 5.41) is 0. The Hall–Kier alpha value is -0.910. The Labute approximate surface area is 122 Å². The molecule has 0 radical (unpaired) electrons. The number of benzene rings is 1. The smallest absolute Gasteiger partial charge is 0.227 e. The van der Waals surface area contributed by atoms with Gasteiger partial charge in [0.1, 0.15) is 0 Å². The van der Waals surface area contributed by atoms with Gasteiger partial charge in [-0.25, -0.2) is 0 Å². The summed E-state index contributed by atoms with van der Waals surface area (Å²) < 4.78 is 0.993. The molecule has 104 valence electrons. The summed E-state index contributed by atoms with van der Waals surface area (Å²) in [6.07, 6.45) is 0.447. The van der Waals surface area contributed by atoms with E-state index in [0.29, 0.717) is 13.0 Å². The predicted octanol–water partition coefficient (Wildman–Crippen LogP) is 1.09. The van der Waals surface area contributed by atoms with Crippen LogP contribution in [0.3, 0.4) is 0 Å². The van der Waals surface area contributed by atoms with E-state index in [1.54, 1.807) is 0 Å². The second-order valence-corrected chi connectivity index (χ2v) is 5.83. The van der Waals surface area contributed by atoms with Gasteiger partial charge in [0, 0.05) is 36.7 Å². The van der Waals surface area contributed by atoms with Crippen LogP contribution in [-0.2, 0) is 11.2 Å². The minimum Gasteiger partial charge on any atom is -0.340 e. The standard InChI is InChI=1S/C14H20BrN3O/c1-17-6-7-18(10-12(17)9-16)14(19)8-11-4-2-3-5-13(11)15/h2-5,12H,6-10,16H2,1H3. The maximum Gasteiger partial charge on any atom is 0.227 e. The molecule has 1 atom stereocenters. The third-order valence-electron chi connectivity index (χ3n) is 3.70. The molecule has 1 aromatic carbocycles.